The van der Waals surface area contributed by atoms with E-state index in [4.69, 9.17) is 14.5 Å². The van der Waals surface area contributed by atoms with Gasteiger partial charge in [-0.2, -0.15) is 9.78 Å². The minimum Gasteiger partial charge on any atom is -0.490 e. The minimum atomic E-state index is -0.236. The van der Waals surface area contributed by atoms with Gasteiger partial charge in [0, 0.05) is 10.0 Å². The molecule has 0 aliphatic carbocycles. The number of hydrogen-bond acceptors (Lipinski definition) is 5. The smallest absolute Gasteiger partial charge is 0.282 e. The lowest BCUT2D eigenvalue weighted by molar-refractivity contribution is 0.269. The zero-order valence-electron chi connectivity index (χ0n) is 20.2. The highest BCUT2D eigenvalue weighted by Gasteiger charge is 2.12. The summed E-state index contributed by atoms with van der Waals surface area (Å²) in [4.78, 5) is 18.1. The number of benzene rings is 4. The molecule has 0 aliphatic rings. The maximum atomic E-state index is 13.4. The lowest BCUT2D eigenvalue weighted by atomic mass is 10.2. The van der Waals surface area contributed by atoms with Crippen LogP contribution in [0.1, 0.15) is 18.1 Å². The van der Waals surface area contributed by atoms with Gasteiger partial charge in [0.1, 0.15) is 6.61 Å². The van der Waals surface area contributed by atoms with E-state index in [1.54, 1.807) is 12.3 Å². The molecule has 1 heterocycles. The standard InChI is InChI=1S/C30H24BrN3O3/c1-2-36-28-18-22(14-17-27(28)37-20-21-12-15-24(31)16-13-21)19-32-34-29(23-8-4-3-5-9-23)33-26-11-7-6-10-25(26)30(34)35/h3-19H,2,20H2,1H3. The average Bonchev–Trinajstić information content (AvgIpc) is 2.93. The van der Waals surface area contributed by atoms with Crippen LogP contribution in [0.4, 0.5) is 0 Å². The fourth-order valence-corrected chi connectivity index (χ4v) is 4.13. The molecule has 184 valence electrons. The Kier molecular flexibility index (Phi) is 7.42. The Hall–Kier alpha value is -4.23. The quantitative estimate of drug-likeness (QED) is 0.201. The van der Waals surface area contributed by atoms with Crippen LogP contribution in [-0.2, 0) is 6.61 Å². The molecule has 5 aromatic rings. The van der Waals surface area contributed by atoms with Crippen molar-refractivity contribution in [3.63, 3.8) is 0 Å². The van der Waals surface area contributed by atoms with Crippen LogP contribution >= 0.6 is 15.9 Å². The summed E-state index contributed by atoms with van der Waals surface area (Å²) in [7, 11) is 0. The number of rotatable bonds is 8. The molecule has 0 spiro atoms. The Labute approximate surface area is 223 Å². The van der Waals surface area contributed by atoms with E-state index in [9.17, 15) is 4.79 Å². The molecule has 0 radical (unpaired) electrons. The molecule has 1 aromatic heterocycles. The maximum Gasteiger partial charge on any atom is 0.282 e. The first-order valence-electron chi connectivity index (χ1n) is 11.9. The molecule has 4 aromatic carbocycles. The molecule has 37 heavy (non-hydrogen) atoms. The summed E-state index contributed by atoms with van der Waals surface area (Å²) >= 11 is 3.45. The van der Waals surface area contributed by atoms with E-state index < -0.39 is 0 Å². The normalized spacial score (nSPS) is 11.2. The van der Waals surface area contributed by atoms with Crippen molar-refractivity contribution in [1.29, 1.82) is 0 Å². The molecule has 0 atom stereocenters. The molecule has 0 unspecified atom stereocenters. The Balaban J connectivity index is 1.48. The lowest BCUT2D eigenvalue weighted by Crippen LogP contribution is -2.20. The second-order valence-corrected chi connectivity index (χ2v) is 9.15. The Morgan fingerprint density at radius 1 is 0.892 bits per heavy atom. The molecule has 0 bridgehead atoms. The van der Waals surface area contributed by atoms with Gasteiger partial charge in [0.25, 0.3) is 5.56 Å². The van der Waals surface area contributed by atoms with Crippen LogP contribution in [0, 0.1) is 0 Å². The molecule has 7 heteroatoms. The third-order valence-corrected chi connectivity index (χ3v) is 6.21. The number of hydrogen-bond donors (Lipinski definition) is 0. The van der Waals surface area contributed by atoms with E-state index in [1.807, 2.05) is 97.9 Å². The highest BCUT2D eigenvalue weighted by Crippen LogP contribution is 2.29. The van der Waals surface area contributed by atoms with E-state index in [-0.39, 0.29) is 5.56 Å². The van der Waals surface area contributed by atoms with Gasteiger partial charge >= 0.3 is 0 Å². The van der Waals surface area contributed by atoms with Gasteiger partial charge in [-0.05, 0) is 60.5 Å². The number of nitrogens with zero attached hydrogens (tertiary/aromatic N) is 3. The van der Waals surface area contributed by atoms with E-state index in [1.165, 1.54) is 4.68 Å². The summed E-state index contributed by atoms with van der Waals surface area (Å²) in [6.07, 6.45) is 1.63. The van der Waals surface area contributed by atoms with Crippen LogP contribution < -0.4 is 15.0 Å². The first-order chi connectivity index (χ1) is 18.1. The van der Waals surface area contributed by atoms with Crippen LogP contribution in [0.3, 0.4) is 0 Å². The van der Waals surface area contributed by atoms with Crippen molar-refractivity contribution in [3.8, 4) is 22.9 Å². The first-order valence-corrected chi connectivity index (χ1v) is 12.7. The lowest BCUT2D eigenvalue weighted by Gasteiger charge is -2.13. The van der Waals surface area contributed by atoms with Crippen LogP contribution in [0.2, 0.25) is 0 Å². The van der Waals surface area contributed by atoms with Gasteiger partial charge in [0.15, 0.2) is 17.3 Å². The number of ether oxygens (including phenoxy) is 2. The summed E-state index contributed by atoms with van der Waals surface area (Å²) < 4.78 is 14.2. The van der Waals surface area contributed by atoms with Crippen molar-refractivity contribution in [3.05, 3.63) is 123 Å². The van der Waals surface area contributed by atoms with Crippen molar-refractivity contribution in [2.45, 2.75) is 13.5 Å². The topological polar surface area (TPSA) is 65.7 Å². The average molecular weight is 554 g/mol. The highest BCUT2D eigenvalue weighted by atomic mass is 79.9. The van der Waals surface area contributed by atoms with Gasteiger partial charge in [-0.3, -0.25) is 4.79 Å². The van der Waals surface area contributed by atoms with Crippen LogP contribution in [0.5, 0.6) is 11.5 Å². The fourth-order valence-electron chi connectivity index (χ4n) is 3.86. The molecule has 0 amide bonds. The van der Waals surface area contributed by atoms with Crippen molar-refractivity contribution in [2.24, 2.45) is 5.10 Å². The predicted molar refractivity (Wildman–Crippen MR) is 151 cm³/mol. The summed E-state index contributed by atoms with van der Waals surface area (Å²) in [5.74, 6) is 1.72. The van der Waals surface area contributed by atoms with Gasteiger partial charge < -0.3 is 9.47 Å². The molecule has 6 nitrogen and oxygen atoms in total. The van der Waals surface area contributed by atoms with Crippen molar-refractivity contribution in [1.82, 2.24) is 9.66 Å². The van der Waals surface area contributed by atoms with Gasteiger partial charge in [-0.1, -0.05) is 70.5 Å². The second-order valence-electron chi connectivity index (χ2n) is 8.23. The van der Waals surface area contributed by atoms with E-state index in [0.29, 0.717) is 41.4 Å². The molecule has 0 N–H and O–H groups in total. The summed E-state index contributed by atoms with van der Waals surface area (Å²) in [6, 6.07) is 30.4. The summed E-state index contributed by atoms with van der Waals surface area (Å²) in [6.45, 7) is 2.83. The van der Waals surface area contributed by atoms with Crippen LogP contribution in [0.25, 0.3) is 22.3 Å². The highest BCUT2D eigenvalue weighted by molar-refractivity contribution is 9.10. The Morgan fingerprint density at radius 3 is 2.43 bits per heavy atom. The second kappa shape index (κ2) is 11.2. The molecule has 5 rings (SSSR count). The van der Waals surface area contributed by atoms with E-state index in [0.717, 1.165) is 21.2 Å². The summed E-state index contributed by atoms with van der Waals surface area (Å²) in [5.41, 5.74) is 3.00. The minimum absolute atomic E-state index is 0.236. The van der Waals surface area contributed by atoms with E-state index in [2.05, 4.69) is 21.0 Å². The van der Waals surface area contributed by atoms with Crippen molar-refractivity contribution >= 4 is 33.0 Å². The maximum absolute atomic E-state index is 13.4. The van der Waals surface area contributed by atoms with Gasteiger partial charge in [0.2, 0.25) is 0 Å². The first kappa shape index (κ1) is 24.5. The summed E-state index contributed by atoms with van der Waals surface area (Å²) in [5, 5.41) is 5.06. The number of aromatic nitrogens is 2. The van der Waals surface area contributed by atoms with E-state index >= 15 is 0 Å². The van der Waals surface area contributed by atoms with Crippen LogP contribution in [-0.4, -0.2) is 22.5 Å². The van der Waals surface area contributed by atoms with Gasteiger partial charge in [0.05, 0.1) is 23.7 Å². The Bertz CT molecular complexity index is 1610. The third kappa shape index (κ3) is 5.62. The molecule has 0 saturated heterocycles. The van der Waals surface area contributed by atoms with Crippen molar-refractivity contribution < 1.29 is 9.47 Å². The zero-order chi connectivity index (χ0) is 25.6. The molecule has 0 saturated carbocycles. The monoisotopic (exact) mass is 553 g/mol. The zero-order valence-corrected chi connectivity index (χ0v) is 21.8. The number of halogens is 1. The number of fused-ring (bicyclic) bond motifs is 1. The number of para-hydroxylation sites is 1. The Morgan fingerprint density at radius 2 is 1.65 bits per heavy atom. The predicted octanol–water partition coefficient (Wildman–Crippen LogP) is 6.69. The van der Waals surface area contributed by atoms with Gasteiger partial charge in [-0.15, -0.1) is 0 Å². The molecule has 0 aliphatic heterocycles. The van der Waals surface area contributed by atoms with Gasteiger partial charge in [-0.25, -0.2) is 4.98 Å². The van der Waals surface area contributed by atoms with Crippen LogP contribution in [0.15, 0.2) is 111 Å². The molecular weight excluding hydrogens is 530 g/mol. The van der Waals surface area contributed by atoms with Crippen molar-refractivity contribution in [2.75, 3.05) is 6.61 Å². The molecular formula is C30H24BrN3O3. The third-order valence-electron chi connectivity index (χ3n) is 5.68. The molecule has 0 fully saturated rings. The largest absolute Gasteiger partial charge is 0.490 e. The fraction of sp³-hybridized carbons (Fsp3) is 0.100. The SMILES string of the molecule is CCOc1cc(C=Nn2c(-c3ccccc3)nc3ccccc3c2=O)ccc1OCc1ccc(Br)cc1.